The Morgan fingerprint density at radius 1 is 1.33 bits per heavy atom. The molecule has 0 heterocycles. The summed E-state index contributed by atoms with van der Waals surface area (Å²) in [6.07, 6.45) is -0.400. The third-order valence-electron chi connectivity index (χ3n) is 4.74. The predicted molar refractivity (Wildman–Crippen MR) is 115 cm³/mol. The van der Waals surface area contributed by atoms with Crippen molar-refractivity contribution >= 4 is 29.2 Å². The fourth-order valence-electron chi connectivity index (χ4n) is 3.08. The average molecular weight is 479 g/mol. The molecule has 2 aromatic carbocycles. The third-order valence-corrected chi connectivity index (χ3v) is 4.96. The normalized spacial score (nSPS) is 12.5. The van der Waals surface area contributed by atoms with Gasteiger partial charge >= 0.3 is 17.6 Å². The molecule has 0 aliphatic carbocycles. The number of nitro benzene ring substituents is 1. The third kappa shape index (κ3) is 5.21. The number of carbonyl (C=O) groups excluding carboxylic acids is 1. The maximum absolute atomic E-state index is 15.7. The van der Waals surface area contributed by atoms with Crippen LogP contribution in [-0.2, 0) is 19.7 Å². The van der Waals surface area contributed by atoms with Gasteiger partial charge in [-0.05, 0) is 36.6 Å². The molecule has 0 fully saturated rings. The summed E-state index contributed by atoms with van der Waals surface area (Å²) in [5.41, 5.74) is -3.91. The molecule has 0 spiro atoms. The number of rotatable bonds is 9. The first-order valence-electron chi connectivity index (χ1n) is 9.74. The minimum Gasteiger partial charge on any atom is -0.480 e. The molecule has 0 amide bonds. The summed E-state index contributed by atoms with van der Waals surface area (Å²) >= 11 is 5.91. The average Bonchev–Trinajstić information content (AvgIpc) is 2.74. The number of hydrogen-bond donors (Lipinski definition) is 1. The number of hydrogen-bond acceptors (Lipinski definition) is 7. The molecule has 1 unspecified atom stereocenters. The van der Waals surface area contributed by atoms with Gasteiger partial charge in [0.2, 0.25) is 5.75 Å². The highest BCUT2D eigenvalue weighted by Crippen LogP contribution is 2.42. The summed E-state index contributed by atoms with van der Waals surface area (Å²) in [6.45, 7) is 4.72. The molecule has 0 aliphatic heterocycles. The van der Waals surface area contributed by atoms with Gasteiger partial charge in [-0.2, -0.15) is 5.26 Å². The molecular formula is C22H20ClFN2O7. The van der Waals surface area contributed by atoms with E-state index in [0.717, 1.165) is 12.1 Å². The summed E-state index contributed by atoms with van der Waals surface area (Å²) < 4.78 is 26.1. The first-order valence-corrected chi connectivity index (χ1v) is 10.1. The lowest BCUT2D eigenvalue weighted by Crippen LogP contribution is -2.45. The van der Waals surface area contributed by atoms with Gasteiger partial charge in [-0.15, -0.1) is 0 Å². The van der Waals surface area contributed by atoms with Crippen LogP contribution in [0.3, 0.4) is 0 Å². The van der Waals surface area contributed by atoms with E-state index >= 15 is 4.39 Å². The zero-order chi connectivity index (χ0) is 24.9. The summed E-state index contributed by atoms with van der Waals surface area (Å²) in [6, 6.07) is 7.17. The Bertz CT molecular complexity index is 1150. The number of carboxylic acids is 1. The maximum Gasteiger partial charge on any atom is 0.328 e. The standard InChI is InChI=1S/C22H20ClFN2O7/c1-4-22(20(27)28,21(29)32-11-12(2)3)16-5-6-17(26(30)31)19(18(16)24)33-15-8-13(10-25)7-14(23)9-15/h5-9,12H,4,11H2,1-3H3,(H,27,28). The van der Waals surface area contributed by atoms with E-state index < -0.39 is 51.5 Å². The highest BCUT2D eigenvalue weighted by Gasteiger charge is 2.51. The van der Waals surface area contributed by atoms with Crippen molar-refractivity contribution in [1.82, 2.24) is 0 Å². The molecule has 0 aliphatic rings. The molecule has 0 radical (unpaired) electrons. The smallest absolute Gasteiger partial charge is 0.328 e. The highest BCUT2D eigenvalue weighted by atomic mass is 35.5. The fourth-order valence-corrected chi connectivity index (χ4v) is 3.31. The number of esters is 1. The van der Waals surface area contributed by atoms with Gasteiger partial charge in [0.1, 0.15) is 5.75 Å². The molecule has 9 nitrogen and oxygen atoms in total. The van der Waals surface area contributed by atoms with Crippen LogP contribution in [0.2, 0.25) is 5.02 Å². The largest absolute Gasteiger partial charge is 0.480 e. The molecular weight excluding hydrogens is 459 g/mol. The number of aliphatic carboxylic acids is 1. The molecule has 33 heavy (non-hydrogen) atoms. The molecule has 0 bridgehead atoms. The van der Waals surface area contributed by atoms with Crippen LogP contribution in [0.15, 0.2) is 30.3 Å². The highest BCUT2D eigenvalue weighted by molar-refractivity contribution is 6.30. The van der Waals surface area contributed by atoms with Gasteiger partial charge in [0.05, 0.1) is 23.2 Å². The van der Waals surface area contributed by atoms with Crippen molar-refractivity contribution < 1.29 is 33.5 Å². The predicted octanol–water partition coefficient (Wildman–Crippen LogP) is 4.98. The number of nitrogens with zero attached hydrogens (tertiary/aromatic N) is 2. The zero-order valence-corrected chi connectivity index (χ0v) is 18.7. The lowest BCUT2D eigenvalue weighted by atomic mass is 9.77. The van der Waals surface area contributed by atoms with E-state index in [1.165, 1.54) is 25.1 Å². The number of nitriles is 1. The second-order valence-electron chi connectivity index (χ2n) is 7.48. The Labute approximate surface area is 193 Å². The molecule has 1 N–H and O–H groups in total. The van der Waals surface area contributed by atoms with Crippen LogP contribution in [0, 0.1) is 33.2 Å². The maximum atomic E-state index is 15.7. The number of carbonyl (C=O) groups is 2. The zero-order valence-electron chi connectivity index (χ0n) is 17.9. The van der Waals surface area contributed by atoms with Gasteiger partial charge < -0.3 is 14.6 Å². The Morgan fingerprint density at radius 2 is 2.00 bits per heavy atom. The van der Waals surface area contributed by atoms with Crippen LogP contribution in [0.25, 0.3) is 0 Å². The number of benzene rings is 2. The Hall–Kier alpha value is -3.71. The van der Waals surface area contributed by atoms with E-state index in [2.05, 4.69) is 0 Å². The number of carboxylic acid groups (broad SMARTS) is 1. The van der Waals surface area contributed by atoms with Crippen molar-refractivity contribution in [3.63, 3.8) is 0 Å². The van der Waals surface area contributed by atoms with Crippen LogP contribution >= 0.6 is 11.6 Å². The van der Waals surface area contributed by atoms with Crippen molar-refractivity contribution in [3.05, 3.63) is 62.4 Å². The van der Waals surface area contributed by atoms with Gasteiger partial charge in [0.15, 0.2) is 11.2 Å². The van der Waals surface area contributed by atoms with E-state index in [9.17, 15) is 24.8 Å². The number of ether oxygens (including phenoxy) is 2. The van der Waals surface area contributed by atoms with Gasteiger partial charge in [-0.3, -0.25) is 19.7 Å². The van der Waals surface area contributed by atoms with Crippen molar-refractivity contribution in [3.8, 4) is 17.6 Å². The summed E-state index contributed by atoms with van der Waals surface area (Å²) in [5, 5.41) is 30.5. The molecule has 0 aromatic heterocycles. The van der Waals surface area contributed by atoms with E-state index in [-0.39, 0.29) is 28.9 Å². The first kappa shape index (κ1) is 25.5. The summed E-state index contributed by atoms with van der Waals surface area (Å²) in [7, 11) is 0. The lowest BCUT2D eigenvalue weighted by molar-refractivity contribution is -0.385. The Morgan fingerprint density at radius 3 is 2.52 bits per heavy atom. The van der Waals surface area contributed by atoms with Crippen molar-refractivity contribution in [1.29, 1.82) is 5.26 Å². The molecule has 0 saturated carbocycles. The van der Waals surface area contributed by atoms with E-state index in [1.54, 1.807) is 13.8 Å². The molecule has 2 aromatic rings. The lowest BCUT2D eigenvalue weighted by Gasteiger charge is -2.27. The van der Waals surface area contributed by atoms with Gasteiger partial charge in [-0.1, -0.05) is 32.4 Å². The van der Waals surface area contributed by atoms with Crippen LogP contribution in [0.4, 0.5) is 10.1 Å². The van der Waals surface area contributed by atoms with Gasteiger partial charge in [0, 0.05) is 16.7 Å². The summed E-state index contributed by atoms with van der Waals surface area (Å²) in [5.74, 6) is -5.56. The topological polar surface area (TPSA) is 140 Å². The molecule has 174 valence electrons. The van der Waals surface area contributed by atoms with Gasteiger partial charge in [0.25, 0.3) is 0 Å². The SMILES string of the molecule is CCC(C(=O)O)(C(=O)OCC(C)C)c1ccc([N+](=O)[O-])c(Oc2cc(Cl)cc(C#N)c2)c1F. The van der Waals surface area contributed by atoms with Crippen LogP contribution in [-0.4, -0.2) is 28.6 Å². The van der Waals surface area contributed by atoms with Crippen LogP contribution in [0.5, 0.6) is 11.5 Å². The Balaban J connectivity index is 2.73. The van der Waals surface area contributed by atoms with E-state index in [1.807, 2.05) is 6.07 Å². The fraction of sp³-hybridized carbons (Fsp3) is 0.318. The Kier molecular flexibility index (Phi) is 7.95. The molecule has 2 rings (SSSR count). The first-order chi connectivity index (χ1) is 15.5. The monoisotopic (exact) mass is 478 g/mol. The van der Waals surface area contributed by atoms with Crippen LogP contribution in [0.1, 0.15) is 38.3 Å². The minimum atomic E-state index is -2.47. The molecule has 11 heteroatoms. The minimum absolute atomic E-state index is 0.0439. The van der Waals surface area contributed by atoms with Crippen LogP contribution < -0.4 is 4.74 Å². The van der Waals surface area contributed by atoms with Crippen molar-refractivity contribution in [2.75, 3.05) is 6.61 Å². The van der Waals surface area contributed by atoms with E-state index in [4.69, 9.17) is 26.3 Å². The summed E-state index contributed by atoms with van der Waals surface area (Å²) in [4.78, 5) is 35.6. The van der Waals surface area contributed by atoms with E-state index in [0.29, 0.717) is 0 Å². The van der Waals surface area contributed by atoms with Gasteiger partial charge in [-0.25, -0.2) is 4.39 Å². The second-order valence-corrected chi connectivity index (χ2v) is 7.91. The van der Waals surface area contributed by atoms with Crippen molar-refractivity contribution in [2.24, 2.45) is 5.92 Å². The number of nitro groups is 1. The molecule has 1 atom stereocenters. The van der Waals surface area contributed by atoms with Crippen molar-refractivity contribution in [2.45, 2.75) is 32.6 Å². The second kappa shape index (κ2) is 10.3. The quantitative estimate of drug-likeness (QED) is 0.230. The number of halogens is 2. The molecule has 0 saturated heterocycles.